The molecule has 1 spiro atoms. The Hall–Kier alpha value is -5.99. The molecule has 0 radical (unpaired) electrons. The number of hydrogen-bond donors (Lipinski definition) is 5. The van der Waals surface area contributed by atoms with Crippen molar-refractivity contribution in [3.63, 3.8) is 0 Å². The number of carbonyl (C=O) groups is 5. The topological polar surface area (TPSA) is 276 Å². The van der Waals surface area contributed by atoms with Crippen molar-refractivity contribution in [2.75, 3.05) is 126 Å². The van der Waals surface area contributed by atoms with E-state index in [4.69, 9.17) is 51.0 Å². The summed E-state index contributed by atoms with van der Waals surface area (Å²) < 4.78 is 29.5. The van der Waals surface area contributed by atoms with E-state index in [2.05, 4.69) is 31.3 Å². The highest BCUT2D eigenvalue weighted by molar-refractivity contribution is 7.99. The van der Waals surface area contributed by atoms with E-state index < -0.39 is 17.5 Å². The van der Waals surface area contributed by atoms with E-state index in [1.54, 1.807) is 34.2 Å². The van der Waals surface area contributed by atoms with Crippen LogP contribution < -0.4 is 37.5 Å². The lowest BCUT2D eigenvalue weighted by atomic mass is 9.73. The minimum Gasteiger partial charge on any atom is -0.382 e. The van der Waals surface area contributed by atoms with Crippen molar-refractivity contribution in [3.05, 3.63) is 63.7 Å². The maximum absolute atomic E-state index is 13.4. The molecule has 414 valence electrons. The van der Waals surface area contributed by atoms with E-state index in [0.717, 1.165) is 46.9 Å². The fraction of sp³-hybridized carbons (Fsp3) is 0.558. The molecule has 4 saturated heterocycles. The highest BCUT2D eigenvalue weighted by atomic mass is 35.5. The molecule has 5 amide bonds. The Morgan fingerprint density at radius 1 is 0.857 bits per heavy atom. The van der Waals surface area contributed by atoms with Crippen LogP contribution in [0.25, 0.3) is 10.8 Å². The molecule has 6 N–H and O–H groups in total. The van der Waals surface area contributed by atoms with Crippen LogP contribution in [0.4, 0.5) is 23.0 Å². The first kappa shape index (κ1) is 55.8. The summed E-state index contributed by atoms with van der Waals surface area (Å²) in [6.07, 6.45) is 5.84. The minimum atomic E-state index is -0.850. The Morgan fingerprint density at radius 3 is 2.23 bits per heavy atom. The number of carbonyl (C=O) groups excluding carboxylic acids is 5. The predicted molar refractivity (Wildman–Crippen MR) is 287 cm³/mol. The molecule has 2 aromatic heterocycles. The number of hydrogen-bond acceptors (Lipinski definition) is 19. The number of halogens is 1. The summed E-state index contributed by atoms with van der Waals surface area (Å²) in [6.45, 7) is 9.61. The summed E-state index contributed by atoms with van der Waals surface area (Å²) in [5.41, 5.74) is 8.12. The number of benzene rings is 2. The number of piperazine rings is 1. The largest absolute Gasteiger partial charge is 0.382 e. The van der Waals surface area contributed by atoms with Gasteiger partial charge in [0.25, 0.3) is 11.5 Å². The Morgan fingerprint density at radius 2 is 1.55 bits per heavy atom. The molecule has 5 aliphatic rings. The smallest absolute Gasteiger partial charge is 0.277 e. The quantitative estimate of drug-likeness (QED) is 0.0558. The number of amides is 5. The zero-order valence-electron chi connectivity index (χ0n) is 43.2. The first-order chi connectivity index (χ1) is 37.4. The molecule has 4 aromatic rings. The number of piperidine rings is 2. The van der Waals surface area contributed by atoms with Crippen molar-refractivity contribution in [2.45, 2.75) is 86.5 Å². The van der Waals surface area contributed by atoms with Gasteiger partial charge in [0.1, 0.15) is 16.9 Å². The fourth-order valence-electron chi connectivity index (χ4n) is 10.2. The normalized spacial score (nSPS) is 20.1. The van der Waals surface area contributed by atoms with Crippen LogP contribution in [0.15, 0.2) is 57.4 Å². The number of ether oxygens (including phenoxy) is 5. The molecule has 1 unspecified atom stereocenters. The summed E-state index contributed by atoms with van der Waals surface area (Å²) >= 11 is 8.32. The zero-order chi connectivity index (χ0) is 53.9. The Balaban J connectivity index is 0.588. The van der Waals surface area contributed by atoms with Crippen LogP contribution in [0.1, 0.15) is 63.5 Å². The van der Waals surface area contributed by atoms with Gasteiger partial charge in [-0.05, 0) is 43.9 Å². The van der Waals surface area contributed by atoms with E-state index >= 15 is 0 Å². The second-order valence-electron chi connectivity index (χ2n) is 19.7. The number of rotatable bonds is 22. The number of aromatic nitrogens is 4. The molecular formula is C52H67ClN12O11S. The maximum Gasteiger partial charge on any atom is 0.277 e. The van der Waals surface area contributed by atoms with Crippen molar-refractivity contribution in [3.8, 4) is 0 Å². The number of fused-ring (bicyclic) bond motifs is 3. The third kappa shape index (κ3) is 13.7. The second-order valence-corrected chi connectivity index (χ2v) is 21.1. The van der Waals surface area contributed by atoms with Crippen molar-refractivity contribution in [2.24, 2.45) is 11.1 Å². The van der Waals surface area contributed by atoms with Gasteiger partial charge >= 0.3 is 0 Å². The molecule has 23 nitrogen and oxygen atoms in total. The van der Waals surface area contributed by atoms with Crippen molar-refractivity contribution >= 4 is 86.7 Å². The fourth-order valence-corrected chi connectivity index (χ4v) is 11.5. The van der Waals surface area contributed by atoms with Crippen molar-refractivity contribution < 1.29 is 47.7 Å². The molecule has 77 heavy (non-hydrogen) atoms. The molecule has 9 rings (SSSR count). The van der Waals surface area contributed by atoms with Crippen LogP contribution in [0.2, 0.25) is 5.02 Å². The summed E-state index contributed by atoms with van der Waals surface area (Å²) in [7, 11) is 0. The van der Waals surface area contributed by atoms with Crippen molar-refractivity contribution in [1.82, 2.24) is 34.9 Å². The van der Waals surface area contributed by atoms with Crippen LogP contribution in [0, 0.1) is 5.41 Å². The van der Waals surface area contributed by atoms with Gasteiger partial charge in [0.05, 0.1) is 100 Å². The Bertz CT molecular complexity index is 2850. The van der Waals surface area contributed by atoms with Crippen LogP contribution in [-0.4, -0.2) is 177 Å². The number of nitrogens with one attached hydrogen (secondary N) is 4. The summed E-state index contributed by atoms with van der Waals surface area (Å²) in [6, 6.07) is 8.23. The van der Waals surface area contributed by atoms with Gasteiger partial charge < -0.3 is 60.1 Å². The second kappa shape index (κ2) is 26.1. The lowest BCUT2D eigenvalue weighted by Gasteiger charge is -2.41. The van der Waals surface area contributed by atoms with E-state index in [-0.39, 0.29) is 79.9 Å². The molecule has 25 heteroatoms. The molecule has 0 saturated carbocycles. The van der Waals surface area contributed by atoms with E-state index in [9.17, 15) is 28.8 Å². The van der Waals surface area contributed by atoms with Crippen LogP contribution in [-0.2, 0) is 54.2 Å². The lowest BCUT2D eigenvalue weighted by molar-refractivity contribution is -0.140. The van der Waals surface area contributed by atoms with E-state index in [1.165, 1.54) is 18.0 Å². The van der Waals surface area contributed by atoms with Gasteiger partial charge in [0.15, 0.2) is 5.82 Å². The van der Waals surface area contributed by atoms with Gasteiger partial charge in [-0.3, -0.25) is 34.1 Å². The third-order valence-electron chi connectivity index (χ3n) is 14.8. The Labute approximate surface area is 454 Å². The summed E-state index contributed by atoms with van der Waals surface area (Å²) in [5, 5.41) is 18.1. The third-order valence-corrected chi connectivity index (χ3v) is 16.5. The highest BCUT2D eigenvalue weighted by Gasteiger charge is 2.47. The lowest BCUT2D eigenvalue weighted by Crippen LogP contribution is -2.50. The van der Waals surface area contributed by atoms with Crippen LogP contribution >= 0.6 is 23.4 Å². The monoisotopic (exact) mass is 1100 g/mol. The van der Waals surface area contributed by atoms with E-state index in [1.807, 2.05) is 19.1 Å². The van der Waals surface area contributed by atoms with Crippen LogP contribution in [0.3, 0.4) is 0 Å². The predicted octanol–water partition coefficient (Wildman–Crippen LogP) is 3.19. The summed E-state index contributed by atoms with van der Waals surface area (Å²) in [5.74, 6) is 0.0425. The van der Waals surface area contributed by atoms with Gasteiger partial charge in [-0.15, -0.1) is 0 Å². The number of nitrogens with two attached hydrogens (primary N) is 1. The standard InChI is InChI=1S/C52H67ClN12O11S/c1-33-47(54)52(32-76-33)12-15-62(16-13-52)39-31-57-50-48(60-39)56-29-35-5-6-37(45(53)46(35)77-50)59-40(66)9-10-42(68)63-17-19-64(20-18-63)43(69)11-21-72-23-25-74-27-28-75-26-24-73-22-14-55-36-4-2-3-34-30-58-65(51(71)44(34)36)38-7-8-41(67)61-49(38)70/h2-6,30-31,33,38,47,55H,7-29,32,54H2,1H3,(H,56,60)(H,59,66)(H,61,67,70)/t33-,38?,47+/m0/s1. The number of imide groups is 1. The molecular weight excluding hydrogens is 1040 g/mol. The van der Waals surface area contributed by atoms with E-state index in [0.29, 0.717) is 130 Å². The molecule has 0 aliphatic carbocycles. The number of anilines is 4. The average molecular weight is 1100 g/mol. The van der Waals surface area contributed by atoms with Crippen LogP contribution in [0.5, 0.6) is 0 Å². The minimum absolute atomic E-state index is 0.0106. The first-order valence-electron chi connectivity index (χ1n) is 26.3. The molecule has 0 bridgehead atoms. The molecule has 7 heterocycles. The van der Waals surface area contributed by atoms with Gasteiger partial charge in [-0.2, -0.15) is 5.10 Å². The van der Waals surface area contributed by atoms with Crippen molar-refractivity contribution in [1.29, 1.82) is 0 Å². The van der Waals surface area contributed by atoms with Gasteiger partial charge in [-0.25, -0.2) is 14.6 Å². The van der Waals surface area contributed by atoms with Gasteiger partial charge in [0.2, 0.25) is 23.6 Å². The van der Waals surface area contributed by atoms with Gasteiger partial charge in [0, 0.05) is 99.0 Å². The SMILES string of the molecule is C[C@@H]1OCC2(CCN(c3cnc4c(n3)NCc3ccc(NC(=O)CCC(=O)N5CCN(C(=O)CCOCCOCCOCCOCCNc6cccc7cnn(C8CCC(=O)NC8=O)c(=O)c67)CC5)c(Cl)c3S4)CC2)[C@@H]1N. The summed E-state index contributed by atoms with van der Waals surface area (Å²) in [4.78, 5) is 92.6. The molecule has 4 fully saturated rings. The first-order valence-corrected chi connectivity index (χ1v) is 27.5. The van der Waals surface area contributed by atoms with Gasteiger partial charge in [-0.1, -0.05) is 41.6 Å². The Kier molecular flexibility index (Phi) is 18.9. The highest BCUT2D eigenvalue weighted by Crippen LogP contribution is 2.45. The number of nitrogens with zero attached hydrogens (tertiary/aromatic N) is 7. The molecule has 5 aliphatic heterocycles. The molecule has 2 aromatic carbocycles. The average Bonchev–Trinajstić information content (AvgIpc) is 3.58. The molecule has 3 atom stereocenters. The maximum atomic E-state index is 13.4. The zero-order valence-corrected chi connectivity index (χ0v) is 44.8.